The van der Waals surface area contributed by atoms with Crippen molar-refractivity contribution in [1.82, 2.24) is 5.32 Å². The number of carbonyl (C=O) groups is 1. The molecule has 17 heavy (non-hydrogen) atoms. The third-order valence-electron chi connectivity index (χ3n) is 2.42. The summed E-state index contributed by atoms with van der Waals surface area (Å²) in [4.78, 5) is 11.7. The van der Waals surface area contributed by atoms with E-state index in [1.807, 2.05) is 0 Å². The number of aliphatic hydroxyl groups is 2. The Morgan fingerprint density at radius 1 is 1.29 bits per heavy atom. The van der Waals surface area contributed by atoms with Gasteiger partial charge in [-0.25, -0.2) is 0 Å². The van der Waals surface area contributed by atoms with Crippen LogP contribution < -0.4 is 5.32 Å². The first kappa shape index (κ1) is 14.0. The maximum Gasteiger partial charge on any atom is 0.224 e. The zero-order valence-electron chi connectivity index (χ0n) is 9.61. The van der Waals surface area contributed by atoms with Crippen molar-refractivity contribution >= 4 is 17.5 Å². The van der Waals surface area contributed by atoms with Crippen molar-refractivity contribution in [3.05, 3.63) is 34.9 Å². The Labute approximate surface area is 105 Å². The monoisotopic (exact) mass is 257 g/mol. The normalized spacial score (nSPS) is 11.3. The minimum Gasteiger partial charge on any atom is -0.394 e. The van der Waals surface area contributed by atoms with E-state index in [4.69, 9.17) is 21.8 Å². The highest BCUT2D eigenvalue weighted by molar-refractivity contribution is 6.30. The molecule has 0 unspecified atom stereocenters. The Morgan fingerprint density at radius 2 is 1.82 bits per heavy atom. The van der Waals surface area contributed by atoms with Gasteiger partial charge in [-0.15, -0.1) is 0 Å². The number of carbonyl (C=O) groups excluding carboxylic acids is 1. The standard InChI is InChI=1S/C12H16ClNO3/c1-12(7-15,8-16)14-11(17)6-9-2-4-10(13)5-3-9/h2-5,15-16H,6-8H2,1H3,(H,14,17). The number of halogens is 1. The lowest BCUT2D eigenvalue weighted by Crippen LogP contribution is -2.52. The summed E-state index contributed by atoms with van der Waals surface area (Å²) in [6.07, 6.45) is 0.187. The van der Waals surface area contributed by atoms with Crippen LogP contribution in [0.3, 0.4) is 0 Å². The predicted octanol–water partition coefficient (Wildman–Crippen LogP) is 0.742. The second-order valence-corrected chi connectivity index (χ2v) is 4.66. The average molecular weight is 258 g/mol. The molecule has 0 aliphatic heterocycles. The summed E-state index contributed by atoms with van der Waals surface area (Å²) in [6.45, 7) is 0.957. The SMILES string of the molecule is CC(CO)(CO)NC(=O)Cc1ccc(Cl)cc1. The van der Waals surface area contributed by atoms with Gasteiger partial charge in [0.05, 0.1) is 25.2 Å². The summed E-state index contributed by atoms with van der Waals surface area (Å²) < 4.78 is 0. The zero-order chi connectivity index (χ0) is 12.9. The van der Waals surface area contributed by atoms with E-state index in [2.05, 4.69) is 5.32 Å². The minimum atomic E-state index is -0.983. The van der Waals surface area contributed by atoms with Crippen molar-refractivity contribution < 1.29 is 15.0 Å². The van der Waals surface area contributed by atoms with Crippen LogP contribution in [0.5, 0.6) is 0 Å². The van der Waals surface area contributed by atoms with Gasteiger partial charge < -0.3 is 15.5 Å². The summed E-state index contributed by atoms with van der Waals surface area (Å²) in [7, 11) is 0. The highest BCUT2D eigenvalue weighted by Crippen LogP contribution is 2.10. The van der Waals surface area contributed by atoms with Crippen LogP contribution in [0.2, 0.25) is 5.02 Å². The lowest BCUT2D eigenvalue weighted by atomic mass is 10.0. The van der Waals surface area contributed by atoms with Crippen LogP contribution in [0.15, 0.2) is 24.3 Å². The van der Waals surface area contributed by atoms with Crippen molar-refractivity contribution in [2.24, 2.45) is 0 Å². The summed E-state index contributed by atoms with van der Waals surface area (Å²) in [5.74, 6) is -0.252. The lowest BCUT2D eigenvalue weighted by molar-refractivity contribution is -0.123. The summed E-state index contributed by atoms with van der Waals surface area (Å²) >= 11 is 5.73. The number of hydrogen-bond donors (Lipinski definition) is 3. The van der Waals surface area contributed by atoms with Gasteiger partial charge in [-0.1, -0.05) is 23.7 Å². The third-order valence-corrected chi connectivity index (χ3v) is 2.67. The fourth-order valence-corrected chi connectivity index (χ4v) is 1.42. The number of aliphatic hydroxyl groups excluding tert-OH is 2. The van der Waals surface area contributed by atoms with Gasteiger partial charge in [-0.2, -0.15) is 0 Å². The van der Waals surface area contributed by atoms with Gasteiger partial charge in [0.1, 0.15) is 0 Å². The fraction of sp³-hybridized carbons (Fsp3) is 0.417. The number of benzene rings is 1. The molecular formula is C12H16ClNO3. The van der Waals surface area contributed by atoms with Gasteiger partial charge >= 0.3 is 0 Å². The number of nitrogens with one attached hydrogen (secondary N) is 1. The molecule has 5 heteroatoms. The molecule has 1 rings (SSSR count). The molecule has 0 radical (unpaired) electrons. The van der Waals surface area contributed by atoms with Crippen LogP contribution in [0.25, 0.3) is 0 Å². The highest BCUT2D eigenvalue weighted by atomic mass is 35.5. The van der Waals surface area contributed by atoms with E-state index in [-0.39, 0.29) is 25.5 Å². The molecule has 4 nitrogen and oxygen atoms in total. The molecule has 0 aliphatic rings. The van der Waals surface area contributed by atoms with Gasteiger partial charge in [-0.05, 0) is 24.6 Å². The Bertz CT molecular complexity index is 374. The van der Waals surface area contributed by atoms with Crippen LogP contribution in [-0.4, -0.2) is 34.9 Å². The predicted molar refractivity (Wildman–Crippen MR) is 65.9 cm³/mol. The minimum absolute atomic E-state index is 0.187. The van der Waals surface area contributed by atoms with Crippen LogP contribution in [0.1, 0.15) is 12.5 Å². The Kier molecular flexibility index (Phi) is 4.93. The molecule has 1 amide bonds. The average Bonchev–Trinajstić information content (AvgIpc) is 2.32. The van der Waals surface area contributed by atoms with Gasteiger partial charge in [-0.3, -0.25) is 4.79 Å². The number of hydrogen-bond acceptors (Lipinski definition) is 3. The van der Waals surface area contributed by atoms with Crippen molar-refractivity contribution in [3.8, 4) is 0 Å². The van der Waals surface area contributed by atoms with Crippen molar-refractivity contribution in [2.45, 2.75) is 18.9 Å². The van der Waals surface area contributed by atoms with E-state index in [0.29, 0.717) is 5.02 Å². The maximum atomic E-state index is 11.7. The molecule has 0 aliphatic carbocycles. The molecule has 0 spiro atoms. The molecule has 0 fully saturated rings. The Hall–Kier alpha value is -1.10. The molecular weight excluding hydrogens is 242 g/mol. The molecule has 3 N–H and O–H groups in total. The van der Waals surface area contributed by atoms with Crippen LogP contribution in [0.4, 0.5) is 0 Å². The number of rotatable bonds is 5. The Morgan fingerprint density at radius 3 is 2.29 bits per heavy atom. The summed E-state index contributed by atoms with van der Waals surface area (Å²) in [5.41, 5.74) is -0.158. The zero-order valence-corrected chi connectivity index (χ0v) is 10.4. The smallest absolute Gasteiger partial charge is 0.224 e. The van der Waals surface area contributed by atoms with E-state index < -0.39 is 5.54 Å². The van der Waals surface area contributed by atoms with E-state index in [9.17, 15) is 4.79 Å². The molecule has 0 saturated carbocycles. The highest BCUT2D eigenvalue weighted by Gasteiger charge is 2.24. The largest absolute Gasteiger partial charge is 0.394 e. The van der Waals surface area contributed by atoms with Crippen molar-refractivity contribution in [1.29, 1.82) is 0 Å². The molecule has 0 saturated heterocycles. The summed E-state index contributed by atoms with van der Waals surface area (Å²) in [5, 5.41) is 21.3. The molecule has 0 atom stereocenters. The third kappa shape index (κ3) is 4.34. The number of amides is 1. The first-order valence-corrected chi connectivity index (χ1v) is 5.64. The lowest BCUT2D eigenvalue weighted by Gasteiger charge is -2.26. The van der Waals surface area contributed by atoms with Crippen LogP contribution >= 0.6 is 11.6 Å². The van der Waals surface area contributed by atoms with E-state index in [0.717, 1.165) is 5.56 Å². The molecule has 1 aromatic rings. The molecule has 94 valence electrons. The fourth-order valence-electron chi connectivity index (χ4n) is 1.30. The van der Waals surface area contributed by atoms with Gasteiger partial charge in [0.2, 0.25) is 5.91 Å². The van der Waals surface area contributed by atoms with Gasteiger partial charge in [0.15, 0.2) is 0 Å². The maximum absolute atomic E-state index is 11.7. The van der Waals surface area contributed by atoms with Crippen LogP contribution in [0, 0.1) is 0 Å². The quantitative estimate of drug-likeness (QED) is 0.729. The van der Waals surface area contributed by atoms with Crippen molar-refractivity contribution in [3.63, 3.8) is 0 Å². The second kappa shape index (κ2) is 6.00. The van der Waals surface area contributed by atoms with E-state index in [1.54, 1.807) is 31.2 Å². The van der Waals surface area contributed by atoms with Gasteiger partial charge in [0.25, 0.3) is 0 Å². The van der Waals surface area contributed by atoms with E-state index >= 15 is 0 Å². The van der Waals surface area contributed by atoms with Gasteiger partial charge in [0, 0.05) is 5.02 Å². The van der Waals surface area contributed by atoms with Crippen molar-refractivity contribution in [2.75, 3.05) is 13.2 Å². The second-order valence-electron chi connectivity index (χ2n) is 4.23. The molecule has 1 aromatic carbocycles. The molecule has 0 bridgehead atoms. The first-order chi connectivity index (χ1) is 7.99. The Balaban J connectivity index is 2.58. The molecule has 0 aromatic heterocycles. The summed E-state index contributed by atoms with van der Waals surface area (Å²) in [6, 6.07) is 6.94. The first-order valence-electron chi connectivity index (χ1n) is 5.26. The topological polar surface area (TPSA) is 69.6 Å². The molecule has 0 heterocycles. The van der Waals surface area contributed by atoms with Crippen LogP contribution in [-0.2, 0) is 11.2 Å². The van der Waals surface area contributed by atoms with E-state index in [1.165, 1.54) is 0 Å².